The molecule has 0 saturated heterocycles. The highest BCUT2D eigenvalue weighted by atomic mass is 19.4. The Hall–Kier alpha value is -2.62. The summed E-state index contributed by atoms with van der Waals surface area (Å²) in [5.41, 5.74) is 4.90. The Balaban J connectivity index is 1.54. The molecule has 1 aromatic heterocycles. The quantitative estimate of drug-likeness (QED) is 0.169. The van der Waals surface area contributed by atoms with Gasteiger partial charge in [-0.15, -0.1) is 0 Å². The van der Waals surface area contributed by atoms with E-state index in [-0.39, 0.29) is 11.3 Å². The number of amides is 2. The van der Waals surface area contributed by atoms with Crippen LogP contribution in [0, 0.1) is 0 Å². The summed E-state index contributed by atoms with van der Waals surface area (Å²) < 4.78 is 44.8. The number of fused-ring (bicyclic) bond motifs is 1. The number of halogens is 3. The molecule has 2 amide bonds. The van der Waals surface area contributed by atoms with Crippen molar-refractivity contribution < 1.29 is 22.7 Å². The van der Waals surface area contributed by atoms with E-state index < -0.39 is 18.0 Å². The second kappa shape index (κ2) is 16.1. The number of unbranched alkanes of at least 4 members (excludes halogenated alkanes) is 9. The topological polar surface area (TPSA) is 88.2 Å². The van der Waals surface area contributed by atoms with Crippen LogP contribution in [-0.4, -0.2) is 35.8 Å². The fourth-order valence-electron chi connectivity index (χ4n) is 3.63. The van der Waals surface area contributed by atoms with E-state index in [4.69, 9.17) is 4.74 Å². The number of hydrogen-bond donors (Lipinski definition) is 3. The van der Waals surface area contributed by atoms with E-state index >= 15 is 0 Å². The smallest absolute Gasteiger partial charge is 0.381 e. The van der Waals surface area contributed by atoms with Crippen LogP contribution >= 0.6 is 0 Å². The van der Waals surface area contributed by atoms with Gasteiger partial charge in [0.15, 0.2) is 5.82 Å². The minimum Gasteiger partial charge on any atom is -0.381 e. The number of alkyl halides is 3. The van der Waals surface area contributed by atoms with E-state index in [1.165, 1.54) is 63.9 Å². The monoisotopic (exact) mass is 497 g/mol. The second-order valence-corrected chi connectivity index (χ2v) is 8.56. The Morgan fingerprint density at radius 3 is 2.20 bits per heavy atom. The van der Waals surface area contributed by atoms with Crippen molar-refractivity contribution in [3.05, 3.63) is 30.1 Å². The lowest BCUT2D eigenvalue weighted by molar-refractivity contribution is -0.144. The molecule has 0 aliphatic rings. The number of nitrogens with zero attached hydrogens (tertiary/aromatic N) is 2. The summed E-state index contributed by atoms with van der Waals surface area (Å²) in [4.78, 5) is 19.0. The summed E-state index contributed by atoms with van der Waals surface area (Å²) in [5.74, 6) is -1.40. The van der Waals surface area contributed by atoms with Crippen molar-refractivity contribution in [1.29, 1.82) is 0 Å². The van der Waals surface area contributed by atoms with Crippen LogP contribution in [0.5, 0.6) is 0 Å². The predicted molar refractivity (Wildman–Crippen MR) is 132 cm³/mol. The first-order valence-electron chi connectivity index (χ1n) is 12.6. The van der Waals surface area contributed by atoms with Crippen molar-refractivity contribution >= 4 is 22.8 Å². The molecule has 10 heteroatoms. The first-order chi connectivity index (χ1) is 16.9. The standard InChI is InChI=1S/C25H38F3N5O2/c1-2-3-4-5-6-7-8-9-10-13-18-35-19-14-17-29-24(34)33-32-22-20-15-11-12-16-21(20)30-23(31-22)25(26,27)28/h11-12,15-16H,2-10,13-14,17-19H2,1H3,(H2,29,33,34)(H,30,31,32). The van der Waals surface area contributed by atoms with Crippen LogP contribution in [-0.2, 0) is 10.9 Å². The number of benzene rings is 1. The summed E-state index contributed by atoms with van der Waals surface area (Å²) in [6.45, 7) is 3.87. The Labute approximate surface area is 205 Å². The van der Waals surface area contributed by atoms with Crippen molar-refractivity contribution in [1.82, 2.24) is 20.7 Å². The van der Waals surface area contributed by atoms with Gasteiger partial charge in [-0.05, 0) is 25.0 Å². The molecule has 1 aromatic carbocycles. The average Bonchev–Trinajstić information content (AvgIpc) is 2.84. The number of ether oxygens (including phenoxy) is 1. The van der Waals surface area contributed by atoms with Crippen LogP contribution in [0.1, 0.15) is 83.4 Å². The number of aromatic nitrogens is 2. The number of rotatable bonds is 17. The third-order valence-corrected chi connectivity index (χ3v) is 5.54. The van der Waals surface area contributed by atoms with E-state index in [1.54, 1.807) is 18.2 Å². The molecule has 0 radical (unpaired) electrons. The molecule has 196 valence electrons. The van der Waals surface area contributed by atoms with Gasteiger partial charge in [-0.3, -0.25) is 10.9 Å². The first kappa shape index (κ1) is 28.6. The molecule has 0 unspecified atom stereocenters. The van der Waals surface area contributed by atoms with Crippen LogP contribution < -0.4 is 16.2 Å². The first-order valence-corrected chi connectivity index (χ1v) is 12.6. The van der Waals surface area contributed by atoms with Crippen molar-refractivity contribution in [2.24, 2.45) is 0 Å². The molecule has 0 aliphatic heterocycles. The van der Waals surface area contributed by atoms with Crippen LogP contribution in [0.15, 0.2) is 24.3 Å². The zero-order chi connectivity index (χ0) is 25.4. The van der Waals surface area contributed by atoms with Crippen LogP contribution in [0.2, 0.25) is 0 Å². The molecule has 0 atom stereocenters. The second-order valence-electron chi connectivity index (χ2n) is 8.56. The van der Waals surface area contributed by atoms with Gasteiger partial charge in [0.2, 0.25) is 5.82 Å². The van der Waals surface area contributed by atoms with Crippen LogP contribution in [0.25, 0.3) is 10.9 Å². The molecule has 2 aromatic rings. The lowest BCUT2D eigenvalue weighted by Crippen LogP contribution is -2.40. The highest BCUT2D eigenvalue weighted by Gasteiger charge is 2.35. The molecule has 1 heterocycles. The van der Waals surface area contributed by atoms with E-state index in [2.05, 4.69) is 33.1 Å². The number of anilines is 1. The highest BCUT2D eigenvalue weighted by molar-refractivity contribution is 5.89. The fraction of sp³-hybridized carbons (Fsp3) is 0.640. The Kier molecular flexibility index (Phi) is 13.2. The fourth-order valence-corrected chi connectivity index (χ4v) is 3.63. The Morgan fingerprint density at radius 1 is 0.886 bits per heavy atom. The Bertz CT molecular complexity index is 880. The number of nitrogens with one attached hydrogen (secondary N) is 3. The Morgan fingerprint density at radius 2 is 1.51 bits per heavy atom. The zero-order valence-corrected chi connectivity index (χ0v) is 20.6. The normalized spacial score (nSPS) is 11.5. The van der Waals surface area contributed by atoms with Gasteiger partial charge >= 0.3 is 12.2 Å². The number of carbonyl (C=O) groups excluding carboxylic acids is 1. The van der Waals surface area contributed by atoms with Crippen molar-refractivity contribution in [2.75, 3.05) is 25.2 Å². The minimum atomic E-state index is -4.70. The van der Waals surface area contributed by atoms with E-state index in [1.807, 2.05) is 0 Å². The molecule has 0 bridgehead atoms. The number of para-hydroxylation sites is 1. The third kappa shape index (κ3) is 11.6. The molecule has 0 aliphatic carbocycles. The van der Waals surface area contributed by atoms with Gasteiger partial charge in [-0.1, -0.05) is 76.8 Å². The third-order valence-electron chi connectivity index (χ3n) is 5.54. The SMILES string of the molecule is CCCCCCCCCCCCOCCCNC(=O)NNc1nc(C(F)(F)F)nc2ccccc12. The number of urea groups is 1. The van der Waals surface area contributed by atoms with Gasteiger partial charge < -0.3 is 10.1 Å². The predicted octanol–water partition coefficient (Wildman–Crippen LogP) is 6.60. The largest absolute Gasteiger partial charge is 0.451 e. The summed E-state index contributed by atoms with van der Waals surface area (Å²) in [7, 11) is 0. The molecule has 0 fully saturated rings. The number of hydrogen-bond acceptors (Lipinski definition) is 5. The van der Waals surface area contributed by atoms with Gasteiger partial charge in [-0.25, -0.2) is 14.8 Å². The molecule has 7 nitrogen and oxygen atoms in total. The van der Waals surface area contributed by atoms with Gasteiger partial charge in [0, 0.05) is 25.1 Å². The number of carbonyl (C=O) groups is 1. The van der Waals surface area contributed by atoms with Crippen molar-refractivity contribution in [3.8, 4) is 0 Å². The highest BCUT2D eigenvalue weighted by Crippen LogP contribution is 2.29. The van der Waals surface area contributed by atoms with Gasteiger partial charge in [-0.2, -0.15) is 13.2 Å². The summed E-state index contributed by atoms with van der Waals surface area (Å²) in [5, 5.41) is 2.99. The van der Waals surface area contributed by atoms with Gasteiger partial charge in [0.25, 0.3) is 0 Å². The summed E-state index contributed by atoms with van der Waals surface area (Å²) in [6.07, 6.45) is 8.72. The lowest BCUT2D eigenvalue weighted by Gasteiger charge is -2.13. The average molecular weight is 498 g/mol. The molecule has 3 N–H and O–H groups in total. The summed E-state index contributed by atoms with van der Waals surface area (Å²) in [6, 6.07) is 5.69. The van der Waals surface area contributed by atoms with E-state index in [0.717, 1.165) is 6.42 Å². The lowest BCUT2D eigenvalue weighted by atomic mass is 10.1. The van der Waals surface area contributed by atoms with Gasteiger partial charge in [0.05, 0.1) is 5.52 Å². The zero-order valence-electron chi connectivity index (χ0n) is 20.6. The minimum absolute atomic E-state index is 0.124. The maximum Gasteiger partial charge on any atom is 0.451 e. The molecular weight excluding hydrogens is 459 g/mol. The van der Waals surface area contributed by atoms with Crippen LogP contribution in [0.4, 0.5) is 23.8 Å². The maximum atomic E-state index is 13.1. The number of hydrazine groups is 1. The van der Waals surface area contributed by atoms with Crippen molar-refractivity contribution in [3.63, 3.8) is 0 Å². The molecule has 0 spiro atoms. The van der Waals surface area contributed by atoms with Crippen LogP contribution in [0.3, 0.4) is 0 Å². The van der Waals surface area contributed by atoms with Crippen molar-refractivity contribution in [2.45, 2.75) is 83.7 Å². The molecule has 35 heavy (non-hydrogen) atoms. The molecule has 2 rings (SSSR count). The van der Waals surface area contributed by atoms with Gasteiger partial charge in [0.1, 0.15) is 0 Å². The maximum absolute atomic E-state index is 13.1. The van der Waals surface area contributed by atoms with E-state index in [9.17, 15) is 18.0 Å². The molecular formula is C25H38F3N5O2. The van der Waals surface area contributed by atoms with E-state index in [0.29, 0.717) is 31.6 Å². The summed E-state index contributed by atoms with van der Waals surface area (Å²) >= 11 is 0. The molecule has 0 saturated carbocycles.